The molecular formula is C17H19N3O3. The number of benzene rings is 1. The molecule has 6 nitrogen and oxygen atoms in total. The molecule has 0 saturated heterocycles. The van der Waals surface area contributed by atoms with Gasteiger partial charge in [0.05, 0.1) is 30.6 Å². The number of carboxylic acids is 1. The Bertz CT molecular complexity index is 727. The maximum atomic E-state index is 10.9. The average Bonchev–Trinajstić information content (AvgIpc) is 3.06. The lowest BCUT2D eigenvalue weighted by Gasteiger charge is -2.15. The standard InChI is InChI=1S/C17H19N3O3/c1-4-12(5-2)11-23-16-7-6-14(8-15(16)18-3)20-10-13(9-19-20)17(21)22/h6-10,12H,4-5,11H2,1-2H3,(H,21,22). The normalized spacial score (nSPS) is 10.5. The van der Waals surface area contributed by atoms with Crippen LogP contribution in [0.1, 0.15) is 37.0 Å². The second kappa shape index (κ2) is 7.45. The van der Waals surface area contributed by atoms with Crippen molar-refractivity contribution in [1.29, 1.82) is 0 Å². The average molecular weight is 313 g/mol. The minimum atomic E-state index is -1.04. The number of nitrogens with zero attached hydrogens (tertiary/aromatic N) is 3. The zero-order chi connectivity index (χ0) is 16.8. The highest BCUT2D eigenvalue weighted by Crippen LogP contribution is 2.30. The molecule has 23 heavy (non-hydrogen) atoms. The van der Waals surface area contributed by atoms with E-state index in [2.05, 4.69) is 23.8 Å². The zero-order valence-corrected chi connectivity index (χ0v) is 13.2. The van der Waals surface area contributed by atoms with Gasteiger partial charge < -0.3 is 9.84 Å². The molecule has 1 aromatic carbocycles. The summed E-state index contributed by atoms with van der Waals surface area (Å²) < 4.78 is 7.20. The Balaban J connectivity index is 2.22. The Morgan fingerprint density at radius 1 is 1.43 bits per heavy atom. The third-order valence-electron chi connectivity index (χ3n) is 3.79. The van der Waals surface area contributed by atoms with E-state index >= 15 is 0 Å². The molecule has 1 N–H and O–H groups in total. The fourth-order valence-corrected chi connectivity index (χ4v) is 2.16. The molecule has 0 fully saturated rings. The van der Waals surface area contributed by atoms with Crippen LogP contribution >= 0.6 is 0 Å². The van der Waals surface area contributed by atoms with Crippen molar-refractivity contribution in [2.75, 3.05) is 6.61 Å². The molecule has 1 aromatic heterocycles. The molecule has 0 amide bonds. The van der Waals surface area contributed by atoms with Crippen LogP contribution in [-0.2, 0) is 0 Å². The summed E-state index contributed by atoms with van der Waals surface area (Å²) in [4.78, 5) is 14.4. The smallest absolute Gasteiger partial charge is 0.338 e. The van der Waals surface area contributed by atoms with Gasteiger partial charge >= 0.3 is 5.97 Å². The van der Waals surface area contributed by atoms with Crippen molar-refractivity contribution in [3.63, 3.8) is 0 Å². The van der Waals surface area contributed by atoms with E-state index in [4.69, 9.17) is 16.4 Å². The summed E-state index contributed by atoms with van der Waals surface area (Å²) in [6.07, 6.45) is 4.76. The summed E-state index contributed by atoms with van der Waals surface area (Å²) in [5.74, 6) is -0.0226. The molecule has 2 aromatic rings. The largest absolute Gasteiger partial charge is 0.504 e. The number of carbonyl (C=O) groups is 1. The van der Waals surface area contributed by atoms with E-state index in [9.17, 15) is 4.79 Å². The molecule has 0 aliphatic carbocycles. The summed E-state index contributed by atoms with van der Waals surface area (Å²) in [5.41, 5.74) is 1.11. The molecule has 0 bridgehead atoms. The monoisotopic (exact) mass is 313 g/mol. The predicted octanol–water partition coefficient (Wildman–Crippen LogP) is 3.94. The van der Waals surface area contributed by atoms with Crippen LogP contribution in [0.15, 0.2) is 30.6 Å². The van der Waals surface area contributed by atoms with Gasteiger partial charge in [-0.1, -0.05) is 26.7 Å². The quantitative estimate of drug-likeness (QED) is 0.786. The number of aromatic carboxylic acids is 1. The summed E-state index contributed by atoms with van der Waals surface area (Å²) >= 11 is 0. The Morgan fingerprint density at radius 2 is 2.17 bits per heavy atom. The molecule has 2 rings (SSSR count). The molecule has 0 radical (unpaired) electrons. The van der Waals surface area contributed by atoms with Gasteiger partial charge in [-0.05, 0) is 24.1 Å². The lowest BCUT2D eigenvalue weighted by molar-refractivity contribution is 0.0697. The SMILES string of the molecule is [C-]#[N+]c1cc(-n2cc(C(=O)O)cn2)ccc1OCC(CC)CC. The topological polar surface area (TPSA) is 68.7 Å². The number of carboxylic acid groups (broad SMARTS) is 1. The van der Waals surface area contributed by atoms with Gasteiger partial charge in [0.25, 0.3) is 0 Å². The lowest BCUT2D eigenvalue weighted by Crippen LogP contribution is -2.10. The van der Waals surface area contributed by atoms with Crippen molar-refractivity contribution in [1.82, 2.24) is 9.78 Å². The van der Waals surface area contributed by atoms with Crippen LogP contribution in [0.5, 0.6) is 5.75 Å². The first-order chi connectivity index (χ1) is 11.1. The molecule has 120 valence electrons. The number of hydrogen-bond donors (Lipinski definition) is 1. The Hall–Kier alpha value is -2.81. The van der Waals surface area contributed by atoms with Crippen LogP contribution in [0, 0.1) is 12.5 Å². The van der Waals surface area contributed by atoms with Gasteiger partial charge in [0.15, 0.2) is 0 Å². The van der Waals surface area contributed by atoms with Gasteiger partial charge in [-0.15, -0.1) is 0 Å². The fourth-order valence-electron chi connectivity index (χ4n) is 2.16. The Labute approximate surface area is 135 Å². The molecule has 1 heterocycles. The molecule has 0 spiro atoms. The number of rotatable bonds is 7. The van der Waals surface area contributed by atoms with Crippen molar-refractivity contribution in [2.45, 2.75) is 26.7 Å². The highest BCUT2D eigenvalue weighted by Gasteiger charge is 2.11. The van der Waals surface area contributed by atoms with Crippen molar-refractivity contribution in [2.24, 2.45) is 5.92 Å². The second-order valence-corrected chi connectivity index (χ2v) is 5.24. The highest BCUT2D eigenvalue weighted by molar-refractivity contribution is 5.87. The molecule has 0 unspecified atom stereocenters. The van der Waals surface area contributed by atoms with E-state index in [1.54, 1.807) is 18.2 Å². The van der Waals surface area contributed by atoms with Gasteiger partial charge in [0.1, 0.15) is 5.75 Å². The number of aromatic nitrogens is 2. The van der Waals surface area contributed by atoms with E-state index in [1.807, 2.05) is 0 Å². The predicted molar refractivity (Wildman–Crippen MR) is 86.4 cm³/mol. The summed E-state index contributed by atoms with van der Waals surface area (Å²) in [5, 5.41) is 12.9. The first-order valence-corrected chi connectivity index (χ1v) is 7.51. The Morgan fingerprint density at radius 3 is 2.74 bits per heavy atom. The van der Waals surface area contributed by atoms with Gasteiger partial charge in [-0.25, -0.2) is 14.3 Å². The first-order valence-electron chi connectivity index (χ1n) is 7.51. The van der Waals surface area contributed by atoms with E-state index in [0.29, 0.717) is 29.6 Å². The number of hydrogen-bond acceptors (Lipinski definition) is 3. The second-order valence-electron chi connectivity index (χ2n) is 5.24. The van der Waals surface area contributed by atoms with E-state index in [0.717, 1.165) is 12.8 Å². The van der Waals surface area contributed by atoms with Crippen LogP contribution < -0.4 is 4.74 Å². The summed E-state index contributed by atoms with van der Waals surface area (Å²) in [6.45, 7) is 12.1. The summed E-state index contributed by atoms with van der Waals surface area (Å²) in [6, 6.07) is 5.14. The first kappa shape index (κ1) is 16.6. The highest BCUT2D eigenvalue weighted by atomic mass is 16.5. The lowest BCUT2D eigenvalue weighted by atomic mass is 10.1. The molecule has 0 atom stereocenters. The van der Waals surface area contributed by atoms with Crippen LogP contribution in [0.3, 0.4) is 0 Å². The van der Waals surface area contributed by atoms with Crippen molar-refractivity contribution < 1.29 is 14.6 Å². The molecule has 0 aliphatic heterocycles. The molecule has 0 aliphatic rings. The van der Waals surface area contributed by atoms with Crippen molar-refractivity contribution >= 4 is 11.7 Å². The van der Waals surface area contributed by atoms with Crippen molar-refractivity contribution in [3.05, 3.63) is 47.6 Å². The minimum Gasteiger partial charge on any atom is -0.504 e. The maximum Gasteiger partial charge on any atom is 0.338 e. The zero-order valence-electron chi connectivity index (χ0n) is 13.2. The van der Waals surface area contributed by atoms with Gasteiger partial charge in [0.2, 0.25) is 5.69 Å². The van der Waals surface area contributed by atoms with Crippen molar-refractivity contribution in [3.8, 4) is 11.4 Å². The van der Waals surface area contributed by atoms with Gasteiger partial charge in [-0.2, -0.15) is 5.10 Å². The number of ether oxygens (including phenoxy) is 1. The summed E-state index contributed by atoms with van der Waals surface area (Å²) in [7, 11) is 0. The van der Waals surface area contributed by atoms with Crippen LogP contribution in [-0.4, -0.2) is 27.5 Å². The molecule has 6 heteroatoms. The minimum absolute atomic E-state index is 0.100. The van der Waals surface area contributed by atoms with E-state index < -0.39 is 5.97 Å². The molecule has 0 saturated carbocycles. The third-order valence-corrected chi connectivity index (χ3v) is 3.79. The van der Waals surface area contributed by atoms with E-state index in [1.165, 1.54) is 17.1 Å². The van der Waals surface area contributed by atoms with E-state index in [-0.39, 0.29) is 5.56 Å². The van der Waals surface area contributed by atoms with Gasteiger partial charge in [0, 0.05) is 6.20 Å². The van der Waals surface area contributed by atoms with Crippen LogP contribution in [0.2, 0.25) is 0 Å². The van der Waals surface area contributed by atoms with Crippen LogP contribution in [0.25, 0.3) is 10.5 Å². The maximum absolute atomic E-state index is 10.9. The van der Waals surface area contributed by atoms with Gasteiger partial charge in [-0.3, -0.25) is 0 Å². The van der Waals surface area contributed by atoms with Crippen LogP contribution in [0.4, 0.5) is 5.69 Å². The third kappa shape index (κ3) is 3.89. The Kier molecular flexibility index (Phi) is 5.36. The fraction of sp³-hybridized carbons (Fsp3) is 0.353. The molecular weight excluding hydrogens is 294 g/mol.